The topological polar surface area (TPSA) is 97.2 Å². The molecule has 8 heteroatoms. The van der Waals surface area contributed by atoms with Crippen LogP contribution in [0.3, 0.4) is 0 Å². The van der Waals surface area contributed by atoms with Crippen molar-refractivity contribution in [3.8, 4) is 6.07 Å². The lowest BCUT2D eigenvalue weighted by Gasteiger charge is -2.38. The van der Waals surface area contributed by atoms with Crippen LogP contribution in [0.2, 0.25) is 0 Å². The molecule has 0 spiro atoms. The van der Waals surface area contributed by atoms with Crippen molar-refractivity contribution in [2.75, 3.05) is 42.9 Å². The Morgan fingerprint density at radius 2 is 1.91 bits per heavy atom. The van der Waals surface area contributed by atoms with Crippen molar-refractivity contribution in [3.63, 3.8) is 0 Å². The van der Waals surface area contributed by atoms with E-state index in [2.05, 4.69) is 71.1 Å². The van der Waals surface area contributed by atoms with Gasteiger partial charge in [0.05, 0.1) is 0 Å². The maximum absolute atomic E-state index is 13.0. The van der Waals surface area contributed by atoms with Crippen molar-refractivity contribution < 1.29 is 4.79 Å². The highest BCUT2D eigenvalue weighted by atomic mass is 16.1. The van der Waals surface area contributed by atoms with Gasteiger partial charge in [-0.1, -0.05) is 26.8 Å². The molecule has 1 aromatic heterocycles. The van der Waals surface area contributed by atoms with Crippen molar-refractivity contribution in [2.45, 2.75) is 60.0 Å². The maximum Gasteiger partial charge on any atom is 0.251 e. The first-order chi connectivity index (χ1) is 16.8. The van der Waals surface area contributed by atoms with Gasteiger partial charge in [0.25, 0.3) is 5.91 Å². The van der Waals surface area contributed by atoms with Crippen LogP contribution in [-0.4, -0.2) is 59.5 Å². The average molecular weight is 478 g/mol. The van der Waals surface area contributed by atoms with Crippen LogP contribution in [0.4, 0.5) is 11.5 Å². The third kappa shape index (κ3) is 6.92. The number of benzene rings is 1. The number of nitrogens with one attached hydrogen (secondary N) is 2. The number of rotatable bonds is 10. The summed E-state index contributed by atoms with van der Waals surface area (Å²) in [6, 6.07) is 10.4. The smallest absolute Gasteiger partial charge is 0.251 e. The first kappa shape index (κ1) is 26.4. The number of hydrogen-bond acceptors (Lipinski definition) is 7. The summed E-state index contributed by atoms with van der Waals surface area (Å²) in [7, 11) is 0. The third-order valence-electron chi connectivity index (χ3n) is 7.31. The normalized spacial score (nSPS) is 14.6. The second-order valence-corrected chi connectivity index (χ2v) is 9.90. The summed E-state index contributed by atoms with van der Waals surface area (Å²) < 4.78 is 0. The van der Waals surface area contributed by atoms with Gasteiger partial charge in [0.1, 0.15) is 11.9 Å². The molecule has 0 saturated carbocycles. The SMILES string of the molecule is CCC(C)(CC)CNc1nc(C#N)ncc1CNC(=O)c1cccc(N2CCN(C(C)C)CC2)c1. The molecule has 2 N–H and O–H groups in total. The zero-order chi connectivity index (χ0) is 25.4. The fourth-order valence-electron chi connectivity index (χ4n) is 4.16. The second kappa shape index (κ2) is 12.0. The number of aromatic nitrogens is 2. The molecule has 2 heterocycles. The molecule has 1 saturated heterocycles. The lowest BCUT2D eigenvalue weighted by Crippen LogP contribution is -2.48. The molecule has 0 atom stereocenters. The van der Waals surface area contributed by atoms with E-state index in [-0.39, 0.29) is 23.7 Å². The zero-order valence-corrected chi connectivity index (χ0v) is 21.8. The first-order valence-electron chi connectivity index (χ1n) is 12.7. The van der Waals surface area contributed by atoms with Gasteiger partial charge in [-0.05, 0) is 50.3 Å². The van der Waals surface area contributed by atoms with E-state index in [9.17, 15) is 10.1 Å². The minimum absolute atomic E-state index is 0.113. The number of hydrogen-bond donors (Lipinski definition) is 2. The van der Waals surface area contributed by atoms with Crippen LogP contribution in [0.5, 0.6) is 0 Å². The summed E-state index contributed by atoms with van der Waals surface area (Å²) in [5.41, 5.74) is 2.58. The van der Waals surface area contributed by atoms with Crippen molar-refractivity contribution in [1.82, 2.24) is 20.2 Å². The van der Waals surface area contributed by atoms with Crippen LogP contribution in [0.1, 0.15) is 69.2 Å². The maximum atomic E-state index is 13.0. The number of carbonyl (C=O) groups is 1. The zero-order valence-electron chi connectivity index (χ0n) is 21.8. The van der Waals surface area contributed by atoms with Crippen LogP contribution in [0, 0.1) is 16.7 Å². The van der Waals surface area contributed by atoms with E-state index in [4.69, 9.17) is 0 Å². The van der Waals surface area contributed by atoms with Crippen LogP contribution in [-0.2, 0) is 6.54 Å². The molecule has 1 aliphatic rings. The van der Waals surface area contributed by atoms with Gasteiger partial charge in [-0.3, -0.25) is 9.69 Å². The Labute approximate surface area is 209 Å². The monoisotopic (exact) mass is 477 g/mol. The minimum atomic E-state index is -0.144. The summed E-state index contributed by atoms with van der Waals surface area (Å²) in [4.78, 5) is 26.3. The van der Waals surface area contributed by atoms with Gasteiger partial charge in [0, 0.05) is 68.3 Å². The van der Waals surface area contributed by atoms with Crippen LogP contribution in [0.25, 0.3) is 0 Å². The molecule has 1 aromatic carbocycles. The predicted octanol–water partition coefficient (Wildman–Crippen LogP) is 4.05. The number of nitrogens with zero attached hydrogens (tertiary/aromatic N) is 5. The largest absolute Gasteiger partial charge is 0.369 e. The number of piperazine rings is 1. The van der Waals surface area contributed by atoms with Crippen LogP contribution in [0.15, 0.2) is 30.5 Å². The van der Waals surface area contributed by atoms with Crippen molar-refractivity contribution >= 4 is 17.4 Å². The van der Waals surface area contributed by atoms with Gasteiger partial charge in [-0.15, -0.1) is 0 Å². The Morgan fingerprint density at radius 1 is 1.20 bits per heavy atom. The molecule has 2 aromatic rings. The van der Waals surface area contributed by atoms with E-state index in [0.29, 0.717) is 17.4 Å². The summed E-state index contributed by atoms with van der Waals surface area (Å²) in [6.45, 7) is 16.0. The lowest BCUT2D eigenvalue weighted by molar-refractivity contribution is 0.0951. The molecule has 35 heavy (non-hydrogen) atoms. The van der Waals surface area contributed by atoms with E-state index < -0.39 is 0 Å². The molecule has 0 aliphatic carbocycles. The molecule has 0 radical (unpaired) electrons. The van der Waals surface area contributed by atoms with Crippen LogP contribution >= 0.6 is 0 Å². The fourth-order valence-corrected chi connectivity index (χ4v) is 4.16. The molecule has 188 valence electrons. The third-order valence-corrected chi connectivity index (χ3v) is 7.31. The fraction of sp³-hybridized carbons (Fsp3) is 0.556. The second-order valence-electron chi connectivity index (χ2n) is 9.90. The highest BCUT2D eigenvalue weighted by Crippen LogP contribution is 2.26. The summed E-state index contributed by atoms with van der Waals surface area (Å²) in [5.74, 6) is 0.569. The molecule has 0 unspecified atom stereocenters. The van der Waals surface area contributed by atoms with Gasteiger partial charge in [-0.2, -0.15) is 5.26 Å². The van der Waals surface area contributed by atoms with Gasteiger partial charge in [0.15, 0.2) is 0 Å². The van der Waals surface area contributed by atoms with Crippen molar-refractivity contribution in [1.29, 1.82) is 5.26 Å². The Morgan fingerprint density at radius 3 is 2.54 bits per heavy atom. The molecule has 3 rings (SSSR count). The van der Waals surface area contributed by atoms with Gasteiger partial charge >= 0.3 is 0 Å². The molecule has 1 fully saturated rings. The van der Waals surface area contributed by atoms with Gasteiger partial charge in [-0.25, -0.2) is 9.97 Å². The Kier molecular flexibility index (Phi) is 9.05. The molecule has 0 bridgehead atoms. The Hall–Kier alpha value is -3.18. The highest BCUT2D eigenvalue weighted by Gasteiger charge is 2.21. The highest BCUT2D eigenvalue weighted by molar-refractivity contribution is 5.95. The van der Waals surface area contributed by atoms with E-state index >= 15 is 0 Å². The van der Waals surface area contributed by atoms with E-state index in [0.717, 1.165) is 56.8 Å². The number of carbonyl (C=O) groups excluding carboxylic acids is 1. The Balaban J connectivity index is 1.66. The molecular weight excluding hydrogens is 438 g/mol. The van der Waals surface area contributed by atoms with Gasteiger partial charge < -0.3 is 15.5 Å². The first-order valence-corrected chi connectivity index (χ1v) is 12.7. The quantitative estimate of drug-likeness (QED) is 0.533. The van der Waals surface area contributed by atoms with E-state index in [1.165, 1.54) is 0 Å². The molecule has 1 aliphatic heterocycles. The summed E-state index contributed by atoms with van der Waals surface area (Å²) in [6.07, 6.45) is 3.68. The molecule has 8 nitrogen and oxygen atoms in total. The molecule has 1 amide bonds. The van der Waals surface area contributed by atoms with E-state index in [1.54, 1.807) is 6.20 Å². The van der Waals surface area contributed by atoms with Crippen molar-refractivity contribution in [3.05, 3.63) is 47.4 Å². The number of amides is 1. The van der Waals surface area contributed by atoms with E-state index in [1.807, 2.05) is 24.3 Å². The number of anilines is 2. The standard InChI is InChI=1S/C27H39N7O/c1-6-27(5,7-2)19-31-25-22(17-29-24(16-28)32-25)18-30-26(35)21-9-8-10-23(15-21)34-13-11-33(12-14-34)20(3)4/h8-10,15,17,20H,6-7,11-14,18-19H2,1-5H3,(H,30,35)(H,29,31,32). The van der Waals surface area contributed by atoms with Crippen molar-refractivity contribution in [2.24, 2.45) is 5.41 Å². The van der Waals surface area contributed by atoms with Gasteiger partial charge in [0.2, 0.25) is 5.82 Å². The minimum Gasteiger partial charge on any atom is -0.369 e. The van der Waals surface area contributed by atoms with Crippen LogP contribution < -0.4 is 15.5 Å². The Bertz CT molecular complexity index is 1030. The molecular formula is C27H39N7O. The summed E-state index contributed by atoms with van der Waals surface area (Å²) in [5, 5.41) is 15.6. The number of nitriles is 1. The predicted molar refractivity (Wildman–Crippen MR) is 140 cm³/mol. The lowest BCUT2D eigenvalue weighted by atomic mass is 9.85. The summed E-state index contributed by atoms with van der Waals surface area (Å²) >= 11 is 0. The average Bonchev–Trinajstić information content (AvgIpc) is 2.90.